The highest BCUT2D eigenvalue weighted by Crippen LogP contribution is 2.60. The van der Waals surface area contributed by atoms with Crippen molar-refractivity contribution < 1.29 is 9.90 Å². The molecule has 4 aliphatic rings. The Labute approximate surface area is 220 Å². The third kappa shape index (κ3) is 4.27. The second kappa shape index (κ2) is 9.11. The molecule has 4 bridgehead atoms. The number of carbonyl (C=O) groups is 1. The van der Waals surface area contributed by atoms with E-state index in [9.17, 15) is 19.5 Å². The number of aliphatic imine (C=N–C) groups is 1. The van der Waals surface area contributed by atoms with Crippen LogP contribution < -0.4 is 16.6 Å². The van der Waals surface area contributed by atoms with E-state index in [2.05, 4.69) is 27.4 Å². The molecule has 8 heteroatoms. The third-order valence-corrected chi connectivity index (χ3v) is 8.97. The fourth-order valence-corrected chi connectivity index (χ4v) is 7.41. The Hall–Kier alpha value is -3.94. The normalized spacial score (nSPS) is 25.7. The van der Waals surface area contributed by atoms with E-state index in [0.29, 0.717) is 11.4 Å². The smallest absolute Gasteiger partial charge is 0.345 e. The van der Waals surface area contributed by atoms with Crippen LogP contribution in [0.1, 0.15) is 60.8 Å². The number of H-pyrrole nitrogens is 1. The van der Waals surface area contributed by atoms with E-state index >= 15 is 0 Å². The van der Waals surface area contributed by atoms with Crippen LogP contribution in [0.3, 0.4) is 0 Å². The van der Waals surface area contributed by atoms with E-state index in [1.807, 2.05) is 32.0 Å². The summed E-state index contributed by atoms with van der Waals surface area (Å²) in [5.74, 6) is 2.00. The molecule has 3 aromatic rings. The summed E-state index contributed by atoms with van der Waals surface area (Å²) in [6.45, 7) is 3.82. The van der Waals surface area contributed by atoms with Gasteiger partial charge in [-0.15, -0.1) is 0 Å². The first kappa shape index (κ1) is 24.4. The summed E-state index contributed by atoms with van der Waals surface area (Å²) in [6, 6.07) is 12.6. The lowest BCUT2D eigenvalue weighted by Crippen LogP contribution is -2.48. The van der Waals surface area contributed by atoms with Crippen molar-refractivity contribution in [3.05, 3.63) is 85.6 Å². The second-order valence-corrected chi connectivity index (χ2v) is 11.6. The van der Waals surface area contributed by atoms with Crippen molar-refractivity contribution in [1.82, 2.24) is 9.55 Å². The quantitative estimate of drug-likeness (QED) is 0.428. The number of nitrogens with zero attached hydrogens (tertiary/aromatic N) is 2. The van der Waals surface area contributed by atoms with Crippen molar-refractivity contribution in [3.63, 3.8) is 0 Å². The molecule has 0 saturated heterocycles. The van der Waals surface area contributed by atoms with E-state index in [-0.39, 0.29) is 11.0 Å². The molecule has 0 spiro atoms. The molecule has 4 fully saturated rings. The van der Waals surface area contributed by atoms with Gasteiger partial charge in [-0.05, 0) is 116 Å². The molecule has 1 heterocycles. The maximum absolute atomic E-state index is 12.5. The number of nitrogens with one attached hydrogen (secondary N) is 2. The van der Waals surface area contributed by atoms with E-state index in [4.69, 9.17) is 0 Å². The monoisotopic (exact) mass is 512 g/mol. The van der Waals surface area contributed by atoms with Crippen molar-refractivity contribution in [1.29, 1.82) is 0 Å². The van der Waals surface area contributed by atoms with Gasteiger partial charge in [0, 0.05) is 5.69 Å². The highest BCUT2D eigenvalue weighted by Gasteiger charge is 2.51. The Balaban J connectivity index is 1.19. The number of amides is 2. The molecule has 7 rings (SSSR count). The number of anilines is 1. The van der Waals surface area contributed by atoms with Crippen LogP contribution in [0.25, 0.3) is 5.69 Å². The molecule has 2 aromatic carbocycles. The van der Waals surface area contributed by atoms with E-state index in [1.54, 1.807) is 12.1 Å². The Morgan fingerprint density at radius 1 is 1.00 bits per heavy atom. The van der Waals surface area contributed by atoms with Gasteiger partial charge < -0.3 is 10.4 Å². The minimum atomic E-state index is -0.830. The number of aromatic hydroxyl groups is 1. The Morgan fingerprint density at radius 3 is 2.24 bits per heavy atom. The van der Waals surface area contributed by atoms with E-state index in [1.165, 1.54) is 44.1 Å². The number of urea groups is 1. The Kier molecular flexibility index (Phi) is 5.85. The average molecular weight is 513 g/mol. The Morgan fingerprint density at radius 2 is 1.63 bits per heavy atom. The van der Waals surface area contributed by atoms with Crippen LogP contribution in [0.5, 0.6) is 5.88 Å². The van der Waals surface area contributed by atoms with Gasteiger partial charge >= 0.3 is 11.7 Å². The lowest BCUT2D eigenvalue weighted by molar-refractivity contribution is -0.00518. The zero-order valence-electron chi connectivity index (χ0n) is 21.7. The SMILES string of the molecule is Cc1ccc(-n2c(O)c(/C=N/C(=O)Nc3ccc(C45CC6CC(CC(C6)C4)C5)cc3)c(=O)[nH]c2=O)cc1C. The molecule has 4 aliphatic carbocycles. The first-order valence-electron chi connectivity index (χ1n) is 13.3. The van der Waals surface area contributed by atoms with Gasteiger partial charge in [-0.2, -0.15) is 0 Å². The summed E-state index contributed by atoms with van der Waals surface area (Å²) >= 11 is 0. The average Bonchev–Trinajstić information content (AvgIpc) is 2.85. The van der Waals surface area contributed by atoms with Crippen LogP contribution in [-0.2, 0) is 5.41 Å². The maximum atomic E-state index is 12.5. The lowest BCUT2D eigenvalue weighted by atomic mass is 9.48. The fraction of sp³-hybridized carbons (Fsp3) is 0.400. The lowest BCUT2D eigenvalue weighted by Gasteiger charge is -2.57. The highest BCUT2D eigenvalue weighted by atomic mass is 16.3. The van der Waals surface area contributed by atoms with Crippen LogP contribution in [0.2, 0.25) is 0 Å². The van der Waals surface area contributed by atoms with Gasteiger partial charge in [-0.3, -0.25) is 9.78 Å². The zero-order chi connectivity index (χ0) is 26.6. The number of carbonyl (C=O) groups excluding carboxylic acids is 1. The summed E-state index contributed by atoms with van der Waals surface area (Å²) < 4.78 is 0.982. The number of aryl methyl sites for hydroxylation is 2. The summed E-state index contributed by atoms with van der Waals surface area (Å²) in [4.78, 5) is 43.4. The summed E-state index contributed by atoms with van der Waals surface area (Å²) in [5.41, 5.74) is 2.70. The van der Waals surface area contributed by atoms with Crippen molar-refractivity contribution in [3.8, 4) is 11.6 Å². The van der Waals surface area contributed by atoms with E-state index < -0.39 is 23.2 Å². The molecule has 0 atom stereocenters. The predicted molar refractivity (Wildman–Crippen MR) is 147 cm³/mol. The second-order valence-electron chi connectivity index (χ2n) is 11.6. The van der Waals surface area contributed by atoms with Crippen LogP contribution >= 0.6 is 0 Å². The molecule has 0 aliphatic heterocycles. The molecule has 196 valence electrons. The zero-order valence-corrected chi connectivity index (χ0v) is 21.7. The van der Waals surface area contributed by atoms with Crippen molar-refractivity contribution in [2.75, 3.05) is 5.32 Å². The van der Waals surface area contributed by atoms with Crippen LogP contribution in [0.15, 0.2) is 57.0 Å². The van der Waals surface area contributed by atoms with Gasteiger partial charge in [0.2, 0.25) is 5.88 Å². The molecule has 3 N–H and O–H groups in total. The number of benzene rings is 2. The first-order chi connectivity index (χ1) is 18.2. The van der Waals surface area contributed by atoms with Gasteiger partial charge in [0.05, 0.1) is 11.9 Å². The molecular formula is C30H32N4O4. The molecule has 1 aromatic heterocycles. The first-order valence-corrected chi connectivity index (χ1v) is 13.3. The van der Waals surface area contributed by atoms with Crippen LogP contribution in [0.4, 0.5) is 10.5 Å². The number of hydrogen-bond acceptors (Lipinski definition) is 4. The molecule has 4 saturated carbocycles. The number of rotatable bonds is 4. The molecule has 0 unspecified atom stereocenters. The Bertz CT molecular complexity index is 1530. The minimum absolute atomic E-state index is 0.282. The number of aromatic amines is 1. The van der Waals surface area contributed by atoms with E-state index in [0.717, 1.165) is 39.7 Å². The summed E-state index contributed by atoms with van der Waals surface area (Å²) in [5, 5.41) is 13.5. The standard InChI is InChI=1S/C30H32N4O4/c1-17-3-8-24(9-18(17)2)34-27(36)25(26(35)33-29(34)38)16-31-28(37)32-23-6-4-22(5-7-23)30-13-19-10-20(14-30)12-21(11-19)15-30/h3-9,16,19-21,36H,10-15H2,1-2H3,(H,32,37)(H,33,35,38)/b31-16+. The summed E-state index contributed by atoms with van der Waals surface area (Å²) in [6.07, 6.45) is 8.99. The molecular weight excluding hydrogens is 480 g/mol. The highest BCUT2D eigenvalue weighted by molar-refractivity contribution is 5.98. The maximum Gasteiger partial charge on any atom is 0.345 e. The van der Waals surface area contributed by atoms with Gasteiger partial charge in [0.1, 0.15) is 5.56 Å². The van der Waals surface area contributed by atoms with Crippen LogP contribution in [0, 0.1) is 31.6 Å². The van der Waals surface area contributed by atoms with Gasteiger partial charge in [-0.1, -0.05) is 18.2 Å². The largest absolute Gasteiger partial charge is 0.493 e. The molecule has 0 radical (unpaired) electrons. The van der Waals surface area contributed by atoms with Gasteiger partial charge in [-0.25, -0.2) is 19.1 Å². The molecule has 38 heavy (non-hydrogen) atoms. The van der Waals surface area contributed by atoms with Crippen molar-refractivity contribution in [2.24, 2.45) is 22.7 Å². The predicted octanol–water partition coefficient (Wildman–Crippen LogP) is 4.97. The number of aromatic nitrogens is 2. The fourth-order valence-electron chi connectivity index (χ4n) is 7.41. The summed E-state index contributed by atoms with van der Waals surface area (Å²) in [7, 11) is 0. The topological polar surface area (TPSA) is 117 Å². The van der Waals surface area contributed by atoms with Crippen molar-refractivity contribution in [2.45, 2.75) is 57.8 Å². The third-order valence-electron chi connectivity index (χ3n) is 8.97. The van der Waals surface area contributed by atoms with Gasteiger partial charge in [0.25, 0.3) is 5.56 Å². The molecule has 2 amide bonds. The number of hydrogen-bond donors (Lipinski definition) is 3. The molecule has 8 nitrogen and oxygen atoms in total. The van der Waals surface area contributed by atoms with Gasteiger partial charge in [0.15, 0.2) is 0 Å². The van der Waals surface area contributed by atoms with Crippen LogP contribution in [-0.4, -0.2) is 26.9 Å². The van der Waals surface area contributed by atoms with Crippen molar-refractivity contribution >= 4 is 17.9 Å². The minimum Gasteiger partial charge on any atom is -0.493 e.